The Morgan fingerprint density at radius 2 is 1.82 bits per heavy atom. The van der Waals surface area contributed by atoms with E-state index in [-0.39, 0.29) is 6.01 Å². The summed E-state index contributed by atoms with van der Waals surface area (Å²) in [5.74, 6) is 0.335. The fourth-order valence-electron chi connectivity index (χ4n) is 4.48. The molecule has 0 aliphatic carbocycles. The fraction of sp³-hybridized carbons (Fsp3) is 0.450. The van der Waals surface area contributed by atoms with E-state index >= 15 is 0 Å². The maximum absolute atomic E-state index is 5.96. The Kier molecular flexibility index (Phi) is 4.17. The first-order chi connectivity index (χ1) is 13.6. The molecule has 2 N–H and O–H groups in total. The van der Waals surface area contributed by atoms with Crippen LogP contribution in [-0.4, -0.2) is 68.6 Å². The molecule has 0 saturated carbocycles. The van der Waals surface area contributed by atoms with Gasteiger partial charge < -0.3 is 19.9 Å². The Morgan fingerprint density at radius 3 is 2.46 bits per heavy atom. The van der Waals surface area contributed by atoms with Gasteiger partial charge in [-0.1, -0.05) is 24.3 Å². The van der Waals surface area contributed by atoms with Crippen LogP contribution in [0, 0.1) is 0 Å². The number of piperazine rings is 1. The molecule has 2 aromatic heterocycles. The molecule has 4 heterocycles. The zero-order valence-corrected chi connectivity index (χ0v) is 16.2. The van der Waals surface area contributed by atoms with Gasteiger partial charge in [0.05, 0.1) is 20.0 Å². The van der Waals surface area contributed by atoms with Gasteiger partial charge in [0, 0.05) is 31.7 Å². The van der Waals surface area contributed by atoms with Crippen LogP contribution in [0.4, 0.5) is 5.82 Å². The molecule has 28 heavy (non-hydrogen) atoms. The third-order valence-electron chi connectivity index (χ3n) is 6.04. The molecule has 2 aliphatic rings. The molecule has 1 aromatic carbocycles. The van der Waals surface area contributed by atoms with E-state index in [0.29, 0.717) is 29.6 Å². The molecule has 8 heteroatoms. The van der Waals surface area contributed by atoms with Gasteiger partial charge in [0.25, 0.3) is 0 Å². The summed E-state index contributed by atoms with van der Waals surface area (Å²) < 4.78 is 7.11. The minimum absolute atomic E-state index is 0.257. The average Bonchev–Trinajstić information content (AvgIpc) is 3.38. The van der Waals surface area contributed by atoms with Crippen molar-refractivity contribution in [3.8, 4) is 6.01 Å². The van der Waals surface area contributed by atoms with Crippen molar-refractivity contribution in [2.45, 2.75) is 31.6 Å². The molecule has 2 fully saturated rings. The normalized spacial score (nSPS) is 22.4. The number of ether oxygens (including phenoxy) is 1. The Balaban J connectivity index is 1.30. The van der Waals surface area contributed by atoms with Crippen molar-refractivity contribution in [3.63, 3.8) is 0 Å². The van der Waals surface area contributed by atoms with Crippen LogP contribution in [0.15, 0.2) is 30.6 Å². The highest BCUT2D eigenvalue weighted by molar-refractivity contribution is 5.81. The number of fused-ring (bicyclic) bond motifs is 3. The van der Waals surface area contributed by atoms with Crippen LogP contribution in [0.3, 0.4) is 0 Å². The largest absolute Gasteiger partial charge is 0.467 e. The SMILES string of the molecule is COc1nc(N)c2ncn(Cc3ccc(CN4C[C@@H]5C[C@H]4CN5C)cc3)c2n1. The van der Waals surface area contributed by atoms with E-state index in [1.807, 2.05) is 4.57 Å². The van der Waals surface area contributed by atoms with E-state index in [2.05, 4.69) is 56.1 Å². The number of hydrogen-bond acceptors (Lipinski definition) is 7. The van der Waals surface area contributed by atoms with Crippen LogP contribution in [0.2, 0.25) is 0 Å². The van der Waals surface area contributed by atoms with Crippen molar-refractivity contribution >= 4 is 17.0 Å². The monoisotopic (exact) mass is 379 g/mol. The second-order valence-corrected chi connectivity index (χ2v) is 7.87. The zero-order chi connectivity index (χ0) is 19.3. The summed E-state index contributed by atoms with van der Waals surface area (Å²) in [6, 6.07) is 10.5. The maximum atomic E-state index is 5.96. The molecule has 0 spiro atoms. The lowest BCUT2D eigenvalue weighted by Gasteiger charge is -2.31. The first-order valence-corrected chi connectivity index (χ1v) is 9.65. The average molecular weight is 379 g/mol. The first-order valence-electron chi connectivity index (χ1n) is 9.65. The molecular formula is C20H25N7O. The van der Waals surface area contributed by atoms with E-state index < -0.39 is 0 Å². The summed E-state index contributed by atoms with van der Waals surface area (Å²) in [6.07, 6.45) is 3.07. The second kappa shape index (κ2) is 6.72. The van der Waals surface area contributed by atoms with Crippen LogP contribution in [-0.2, 0) is 13.1 Å². The van der Waals surface area contributed by atoms with Gasteiger partial charge in [-0.25, -0.2) is 4.98 Å². The van der Waals surface area contributed by atoms with Gasteiger partial charge in [-0.15, -0.1) is 0 Å². The minimum atomic E-state index is 0.257. The molecular weight excluding hydrogens is 354 g/mol. The van der Waals surface area contributed by atoms with Crippen molar-refractivity contribution in [2.24, 2.45) is 0 Å². The van der Waals surface area contributed by atoms with Gasteiger partial charge in [0.1, 0.15) is 0 Å². The fourth-order valence-corrected chi connectivity index (χ4v) is 4.48. The van der Waals surface area contributed by atoms with Crippen LogP contribution in [0.5, 0.6) is 6.01 Å². The molecule has 5 rings (SSSR count). The molecule has 2 saturated heterocycles. The van der Waals surface area contributed by atoms with E-state index in [1.54, 1.807) is 6.33 Å². The lowest BCUT2D eigenvalue weighted by Crippen LogP contribution is -2.43. The summed E-state index contributed by atoms with van der Waals surface area (Å²) in [5, 5.41) is 0. The van der Waals surface area contributed by atoms with Crippen molar-refractivity contribution in [1.29, 1.82) is 0 Å². The Labute approximate surface area is 163 Å². The molecule has 0 unspecified atom stereocenters. The van der Waals surface area contributed by atoms with Gasteiger partial charge in [0.2, 0.25) is 0 Å². The Bertz CT molecular complexity index is 998. The lowest BCUT2D eigenvalue weighted by molar-refractivity contribution is 0.143. The molecule has 2 atom stereocenters. The minimum Gasteiger partial charge on any atom is -0.467 e. The topological polar surface area (TPSA) is 85.3 Å². The third kappa shape index (κ3) is 2.98. The second-order valence-electron chi connectivity index (χ2n) is 7.87. The molecule has 8 nitrogen and oxygen atoms in total. The molecule has 2 aliphatic heterocycles. The summed E-state index contributed by atoms with van der Waals surface area (Å²) in [4.78, 5) is 17.9. The number of benzene rings is 1. The van der Waals surface area contributed by atoms with Crippen LogP contribution in [0.25, 0.3) is 11.2 Å². The Morgan fingerprint density at radius 1 is 1.07 bits per heavy atom. The van der Waals surface area contributed by atoms with Crippen LogP contribution < -0.4 is 10.5 Å². The summed E-state index contributed by atoms with van der Waals surface area (Å²) in [7, 11) is 3.77. The number of rotatable bonds is 5. The van der Waals surface area contributed by atoms with Crippen LogP contribution in [0.1, 0.15) is 17.5 Å². The lowest BCUT2D eigenvalue weighted by atomic mass is 10.1. The molecule has 146 valence electrons. The van der Waals surface area contributed by atoms with Crippen molar-refractivity contribution in [1.82, 2.24) is 29.3 Å². The number of imidazole rings is 1. The smallest absolute Gasteiger partial charge is 0.320 e. The number of hydrogen-bond donors (Lipinski definition) is 1. The maximum Gasteiger partial charge on any atom is 0.320 e. The van der Waals surface area contributed by atoms with Crippen LogP contribution >= 0.6 is 0 Å². The van der Waals surface area contributed by atoms with Crippen molar-refractivity contribution in [2.75, 3.05) is 33.0 Å². The van der Waals surface area contributed by atoms with E-state index in [0.717, 1.165) is 12.6 Å². The molecule has 3 aromatic rings. The zero-order valence-electron chi connectivity index (χ0n) is 16.2. The summed E-state index contributed by atoms with van der Waals surface area (Å²) in [5.41, 5.74) is 9.81. The standard InChI is InChI=1S/C20H25N7O/c1-25-10-16-7-15(25)11-26(16)8-13-3-5-14(6-4-13)9-27-12-22-17-18(21)23-20(28-2)24-19(17)27/h3-6,12,15-16H,7-11H2,1-2H3,(H2,21,23,24)/t15-,16-/m0/s1. The molecule has 2 bridgehead atoms. The van der Waals surface area contributed by atoms with E-state index in [9.17, 15) is 0 Å². The Hall–Kier alpha value is -2.71. The predicted octanol–water partition coefficient (Wildman–Crippen LogP) is 1.35. The summed E-state index contributed by atoms with van der Waals surface area (Å²) in [6.45, 7) is 4.09. The number of likely N-dealkylation sites (N-methyl/N-ethyl adjacent to an activating group) is 1. The van der Waals surface area contributed by atoms with Gasteiger partial charge in [-0.2, -0.15) is 9.97 Å². The number of aromatic nitrogens is 4. The summed E-state index contributed by atoms with van der Waals surface area (Å²) >= 11 is 0. The number of nitrogens with zero attached hydrogens (tertiary/aromatic N) is 6. The highest BCUT2D eigenvalue weighted by Crippen LogP contribution is 2.30. The number of anilines is 1. The number of likely N-dealkylation sites (tertiary alicyclic amines) is 2. The van der Waals surface area contributed by atoms with Gasteiger partial charge in [0.15, 0.2) is 17.0 Å². The van der Waals surface area contributed by atoms with Gasteiger partial charge in [-0.05, 0) is 24.6 Å². The molecule has 0 amide bonds. The third-order valence-corrected chi connectivity index (χ3v) is 6.04. The first kappa shape index (κ1) is 17.4. The van der Waals surface area contributed by atoms with Gasteiger partial charge >= 0.3 is 6.01 Å². The quantitative estimate of drug-likeness (QED) is 0.716. The van der Waals surface area contributed by atoms with E-state index in [1.165, 1.54) is 37.7 Å². The van der Waals surface area contributed by atoms with Crippen molar-refractivity contribution in [3.05, 3.63) is 41.7 Å². The molecule has 0 radical (unpaired) electrons. The predicted molar refractivity (Wildman–Crippen MR) is 107 cm³/mol. The van der Waals surface area contributed by atoms with E-state index in [4.69, 9.17) is 10.5 Å². The highest BCUT2D eigenvalue weighted by atomic mass is 16.5. The van der Waals surface area contributed by atoms with Gasteiger partial charge in [-0.3, -0.25) is 4.90 Å². The number of methoxy groups -OCH3 is 1. The number of nitrogen functional groups attached to an aromatic ring is 1. The van der Waals surface area contributed by atoms with Crippen molar-refractivity contribution < 1.29 is 4.74 Å². The highest BCUT2D eigenvalue weighted by Gasteiger charge is 2.40. The number of nitrogens with two attached hydrogens (primary N) is 1.